The van der Waals surface area contributed by atoms with E-state index < -0.39 is 11.9 Å². The Labute approximate surface area is 207 Å². The van der Waals surface area contributed by atoms with E-state index in [4.69, 9.17) is 9.47 Å². The Morgan fingerprint density at radius 1 is 1.21 bits per heavy atom. The van der Waals surface area contributed by atoms with Gasteiger partial charge in [0.15, 0.2) is 17.3 Å². The molecule has 2 aliphatic rings. The first kappa shape index (κ1) is 24.1. The van der Waals surface area contributed by atoms with E-state index in [1.54, 1.807) is 12.1 Å². The van der Waals surface area contributed by atoms with Crippen LogP contribution in [0.15, 0.2) is 69.5 Å². The number of carbonyl (C=O) groups is 2. The van der Waals surface area contributed by atoms with Gasteiger partial charge < -0.3 is 19.9 Å². The number of aromatic hydroxyl groups is 1. The molecule has 0 unspecified atom stereocenters. The van der Waals surface area contributed by atoms with Crippen molar-refractivity contribution in [1.29, 1.82) is 0 Å². The Hall–Kier alpha value is -3.06. The number of phenols is 1. The van der Waals surface area contributed by atoms with Gasteiger partial charge in [0.25, 0.3) is 0 Å². The quantitative estimate of drug-likeness (QED) is 0.476. The fourth-order valence-corrected chi connectivity index (χ4v) is 5.06. The summed E-state index contributed by atoms with van der Waals surface area (Å²) in [5.74, 6) is -0.771. The summed E-state index contributed by atoms with van der Waals surface area (Å²) in [4.78, 5) is 26.5. The zero-order valence-electron chi connectivity index (χ0n) is 19.3. The van der Waals surface area contributed by atoms with Gasteiger partial charge in [0, 0.05) is 35.7 Å². The molecule has 6 nitrogen and oxygen atoms in total. The van der Waals surface area contributed by atoms with E-state index in [0.717, 1.165) is 24.1 Å². The molecule has 0 bridgehead atoms. The van der Waals surface area contributed by atoms with E-state index in [2.05, 4.69) is 21.2 Å². The molecular weight excluding hydrogens is 498 g/mol. The fourth-order valence-electron chi connectivity index (χ4n) is 4.60. The van der Waals surface area contributed by atoms with Crippen LogP contribution >= 0.6 is 15.9 Å². The predicted molar refractivity (Wildman–Crippen MR) is 133 cm³/mol. The number of ketones is 1. The number of hydrogen-bond acceptors (Lipinski definition) is 6. The lowest BCUT2D eigenvalue weighted by molar-refractivity contribution is -0.139. The molecule has 34 heavy (non-hydrogen) atoms. The summed E-state index contributed by atoms with van der Waals surface area (Å²) in [5.41, 5.74) is 4.28. The van der Waals surface area contributed by atoms with Gasteiger partial charge in [0.2, 0.25) is 0 Å². The maximum absolute atomic E-state index is 13.4. The summed E-state index contributed by atoms with van der Waals surface area (Å²) >= 11 is 3.40. The molecule has 1 atom stereocenters. The topological polar surface area (TPSA) is 84.9 Å². The van der Waals surface area contributed by atoms with Crippen LogP contribution in [0.4, 0.5) is 0 Å². The first-order valence-electron chi connectivity index (χ1n) is 11.5. The standard InChI is InChI=1S/C27H28BrNO5/c1-3-33-22-15-18(14-19(28)26(22)31)24-23(16(2)29-20-10-7-11-21(30)25(20)24)27(32)34-13-12-17-8-5-4-6-9-17/h4-6,8-9,14-15,24,29,31H,3,7,10-13H2,1-2H3/t24-/m0/s1. The molecule has 0 radical (unpaired) electrons. The molecule has 4 rings (SSSR count). The van der Waals surface area contributed by atoms with Crippen LogP contribution in [0.3, 0.4) is 0 Å². The van der Waals surface area contributed by atoms with E-state index in [1.807, 2.05) is 44.2 Å². The van der Waals surface area contributed by atoms with Crippen molar-refractivity contribution in [2.45, 2.75) is 45.4 Å². The summed E-state index contributed by atoms with van der Waals surface area (Å²) < 4.78 is 11.7. The Balaban J connectivity index is 1.71. The Bertz CT molecular complexity index is 1170. The molecule has 1 aliphatic heterocycles. The van der Waals surface area contributed by atoms with Crippen LogP contribution in [-0.2, 0) is 20.7 Å². The highest BCUT2D eigenvalue weighted by molar-refractivity contribution is 9.10. The molecule has 0 spiro atoms. The van der Waals surface area contributed by atoms with Gasteiger partial charge in [-0.05, 0) is 65.9 Å². The van der Waals surface area contributed by atoms with Gasteiger partial charge in [-0.2, -0.15) is 0 Å². The molecule has 1 aliphatic carbocycles. The maximum atomic E-state index is 13.4. The Kier molecular flexibility index (Phi) is 7.41. The number of benzene rings is 2. The molecule has 0 aromatic heterocycles. The van der Waals surface area contributed by atoms with Gasteiger partial charge >= 0.3 is 5.97 Å². The molecule has 0 saturated heterocycles. The first-order chi connectivity index (χ1) is 16.4. The van der Waals surface area contributed by atoms with Crippen molar-refractivity contribution in [2.24, 2.45) is 0 Å². The number of nitrogens with one attached hydrogen (secondary N) is 1. The van der Waals surface area contributed by atoms with E-state index >= 15 is 0 Å². The second kappa shape index (κ2) is 10.5. The second-order valence-electron chi connectivity index (χ2n) is 8.42. The van der Waals surface area contributed by atoms with Crippen molar-refractivity contribution >= 4 is 27.7 Å². The van der Waals surface area contributed by atoms with Gasteiger partial charge in [-0.3, -0.25) is 4.79 Å². The lowest BCUT2D eigenvalue weighted by Crippen LogP contribution is -2.34. The Morgan fingerprint density at radius 3 is 2.71 bits per heavy atom. The van der Waals surface area contributed by atoms with E-state index in [-0.39, 0.29) is 18.1 Å². The molecule has 7 heteroatoms. The summed E-state index contributed by atoms with van der Waals surface area (Å²) in [6.07, 6.45) is 2.54. The van der Waals surface area contributed by atoms with Gasteiger partial charge in [-0.1, -0.05) is 30.3 Å². The lowest BCUT2D eigenvalue weighted by Gasteiger charge is -2.34. The number of Topliss-reactive ketones (excluding diaryl/α,β-unsaturated/α-hetero) is 1. The third kappa shape index (κ3) is 4.89. The monoisotopic (exact) mass is 525 g/mol. The SMILES string of the molecule is CCOc1cc([C@H]2C(C(=O)OCCc3ccccc3)=C(C)NC3=C2C(=O)CCC3)cc(Br)c1O. The Morgan fingerprint density at radius 2 is 1.97 bits per heavy atom. The summed E-state index contributed by atoms with van der Waals surface area (Å²) in [5, 5.41) is 13.7. The summed E-state index contributed by atoms with van der Waals surface area (Å²) in [7, 11) is 0. The minimum atomic E-state index is -0.607. The third-order valence-corrected chi connectivity index (χ3v) is 6.75. The first-order valence-corrected chi connectivity index (χ1v) is 12.3. The second-order valence-corrected chi connectivity index (χ2v) is 9.27. The molecule has 2 N–H and O–H groups in total. The van der Waals surface area contributed by atoms with Crippen molar-refractivity contribution in [2.75, 3.05) is 13.2 Å². The minimum absolute atomic E-state index is 0.0167. The van der Waals surface area contributed by atoms with Gasteiger partial charge in [0.1, 0.15) is 0 Å². The highest BCUT2D eigenvalue weighted by atomic mass is 79.9. The van der Waals surface area contributed by atoms with Crippen LogP contribution < -0.4 is 10.1 Å². The number of esters is 1. The van der Waals surface area contributed by atoms with Gasteiger partial charge in [0.05, 0.1) is 23.3 Å². The molecular formula is C27H28BrNO5. The molecule has 0 amide bonds. The number of allylic oxidation sites excluding steroid dienone is 3. The number of hydrogen-bond donors (Lipinski definition) is 2. The average Bonchev–Trinajstić information content (AvgIpc) is 2.82. The van der Waals surface area contributed by atoms with Crippen molar-refractivity contribution in [3.63, 3.8) is 0 Å². The highest BCUT2D eigenvalue weighted by Crippen LogP contribution is 2.46. The molecule has 0 saturated carbocycles. The van der Waals surface area contributed by atoms with Crippen LogP contribution in [0.1, 0.15) is 50.2 Å². The normalized spacial score (nSPS) is 17.9. The largest absolute Gasteiger partial charge is 0.503 e. The lowest BCUT2D eigenvalue weighted by atomic mass is 9.75. The van der Waals surface area contributed by atoms with Crippen LogP contribution in [0.2, 0.25) is 0 Å². The van der Waals surface area contributed by atoms with Crippen LogP contribution in [0, 0.1) is 0 Å². The molecule has 178 valence electrons. The zero-order valence-corrected chi connectivity index (χ0v) is 20.9. The van der Waals surface area contributed by atoms with Crippen molar-refractivity contribution in [3.05, 3.63) is 80.6 Å². The maximum Gasteiger partial charge on any atom is 0.336 e. The third-order valence-electron chi connectivity index (χ3n) is 6.15. The van der Waals surface area contributed by atoms with Gasteiger partial charge in [-0.15, -0.1) is 0 Å². The number of phenolic OH excluding ortho intramolecular Hbond substituents is 1. The molecule has 2 aromatic rings. The summed E-state index contributed by atoms with van der Waals surface area (Å²) in [6, 6.07) is 13.3. The van der Waals surface area contributed by atoms with Crippen LogP contribution in [-0.4, -0.2) is 30.1 Å². The number of ether oxygens (including phenoxy) is 2. The smallest absolute Gasteiger partial charge is 0.336 e. The molecule has 1 heterocycles. The van der Waals surface area contributed by atoms with Gasteiger partial charge in [-0.25, -0.2) is 4.79 Å². The van der Waals surface area contributed by atoms with E-state index in [1.165, 1.54) is 0 Å². The van der Waals surface area contributed by atoms with E-state index in [9.17, 15) is 14.7 Å². The van der Waals surface area contributed by atoms with E-state index in [0.29, 0.717) is 52.1 Å². The molecule has 2 aromatic carbocycles. The number of halogens is 1. The number of carbonyl (C=O) groups excluding carboxylic acids is 2. The minimum Gasteiger partial charge on any atom is -0.503 e. The average molecular weight is 526 g/mol. The summed E-state index contributed by atoms with van der Waals surface area (Å²) in [6.45, 7) is 4.26. The fraction of sp³-hybridized carbons (Fsp3) is 0.333. The van der Waals surface area contributed by atoms with Crippen LogP contribution in [0.5, 0.6) is 11.5 Å². The van der Waals surface area contributed by atoms with Crippen molar-refractivity contribution < 1.29 is 24.2 Å². The number of rotatable bonds is 7. The highest BCUT2D eigenvalue weighted by Gasteiger charge is 2.39. The van der Waals surface area contributed by atoms with Crippen LogP contribution in [0.25, 0.3) is 0 Å². The number of dihydropyridines is 1. The van der Waals surface area contributed by atoms with Crippen molar-refractivity contribution in [3.8, 4) is 11.5 Å². The molecule has 0 fully saturated rings. The zero-order chi connectivity index (χ0) is 24.2. The van der Waals surface area contributed by atoms with Crippen molar-refractivity contribution in [1.82, 2.24) is 5.32 Å². The predicted octanol–water partition coefficient (Wildman–Crippen LogP) is 5.31.